The number of nitrogens with zero attached hydrogens (tertiary/aromatic N) is 1. The fourth-order valence-corrected chi connectivity index (χ4v) is 2.54. The smallest absolute Gasteiger partial charge is 0.251 e. The first-order chi connectivity index (χ1) is 10.6. The Morgan fingerprint density at radius 1 is 1.41 bits per heavy atom. The van der Waals surface area contributed by atoms with Gasteiger partial charge in [0, 0.05) is 13.0 Å². The molecule has 2 N–H and O–H groups in total. The molecule has 0 spiro atoms. The van der Waals surface area contributed by atoms with E-state index in [4.69, 9.17) is 9.47 Å². The fraction of sp³-hybridized carbons (Fsp3) is 0.500. The zero-order valence-electron chi connectivity index (χ0n) is 12.9. The molecule has 0 aliphatic carbocycles. The maximum atomic E-state index is 11.9. The fourth-order valence-electron chi connectivity index (χ4n) is 2.54. The molecule has 0 radical (unpaired) electrons. The summed E-state index contributed by atoms with van der Waals surface area (Å²) in [6.07, 6.45) is 0.168. The molecule has 0 unspecified atom stereocenters. The van der Waals surface area contributed by atoms with Gasteiger partial charge in [-0.3, -0.25) is 4.79 Å². The molecule has 1 saturated heterocycles. The van der Waals surface area contributed by atoms with Crippen LogP contribution in [0.25, 0.3) is 11.0 Å². The lowest BCUT2D eigenvalue weighted by Gasteiger charge is -2.21. The van der Waals surface area contributed by atoms with E-state index in [1.54, 1.807) is 0 Å². The topological polar surface area (TPSA) is 76.2 Å². The number of carbonyl (C=O) groups excluding carboxylic acids is 1. The second-order valence-electron chi connectivity index (χ2n) is 5.56. The zero-order chi connectivity index (χ0) is 15.5. The first kappa shape index (κ1) is 15.0. The molecule has 0 bridgehead atoms. The lowest BCUT2D eigenvalue weighted by molar-refractivity contribution is -0.147. The third-order valence-corrected chi connectivity index (χ3v) is 4.00. The molecule has 6 nitrogen and oxygen atoms in total. The number of nitrogens with one attached hydrogen (secondary N) is 2. The molecule has 1 aliphatic rings. The summed E-state index contributed by atoms with van der Waals surface area (Å²) in [7, 11) is 0. The van der Waals surface area contributed by atoms with E-state index in [1.165, 1.54) is 11.1 Å². The van der Waals surface area contributed by atoms with Crippen LogP contribution in [0, 0.1) is 13.8 Å². The maximum absolute atomic E-state index is 11.9. The van der Waals surface area contributed by atoms with Crippen molar-refractivity contribution in [3.63, 3.8) is 0 Å². The van der Waals surface area contributed by atoms with Gasteiger partial charge >= 0.3 is 0 Å². The Bertz CT molecular complexity index is 675. The van der Waals surface area contributed by atoms with E-state index in [2.05, 4.69) is 35.2 Å². The minimum atomic E-state index is -0.491. The van der Waals surface area contributed by atoms with Gasteiger partial charge in [-0.05, 0) is 31.0 Å². The summed E-state index contributed by atoms with van der Waals surface area (Å²) in [6, 6.07) is 4.13. The van der Waals surface area contributed by atoms with Crippen LogP contribution >= 0.6 is 0 Å². The van der Waals surface area contributed by atoms with Gasteiger partial charge in [-0.25, -0.2) is 4.98 Å². The number of aryl methyl sites for hydroxylation is 2. The van der Waals surface area contributed by atoms with Gasteiger partial charge in [0.25, 0.3) is 5.91 Å². The number of aromatic nitrogens is 2. The van der Waals surface area contributed by atoms with Gasteiger partial charge in [-0.15, -0.1) is 0 Å². The van der Waals surface area contributed by atoms with Crippen LogP contribution in [0.5, 0.6) is 0 Å². The van der Waals surface area contributed by atoms with E-state index in [9.17, 15) is 4.79 Å². The van der Waals surface area contributed by atoms with Crippen LogP contribution in [0.4, 0.5) is 0 Å². The standard InChI is InChI=1S/C16H21N3O3/c1-10-3-4-12-15(11(10)2)19-14(18-12)5-6-17-16(20)13-9-21-7-8-22-13/h3-4,13H,5-9H2,1-2H3,(H,17,20)(H,18,19)/t13-/m1/s1. The molecule has 1 fully saturated rings. The summed E-state index contributed by atoms with van der Waals surface area (Å²) in [5.41, 5.74) is 4.46. The molecule has 0 saturated carbocycles. The van der Waals surface area contributed by atoms with Crippen LogP contribution < -0.4 is 5.32 Å². The molecule has 118 valence electrons. The van der Waals surface area contributed by atoms with Crippen molar-refractivity contribution < 1.29 is 14.3 Å². The summed E-state index contributed by atoms with van der Waals surface area (Å²) in [5.74, 6) is 0.757. The van der Waals surface area contributed by atoms with Crippen molar-refractivity contribution in [2.24, 2.45) is 0 Å². The predicted octanol–water partition coefficient (Wildman–Crippen LogP) is 1.25. The van der Waals surface area contributed by atoms with E-state index in [1.807, 2.05) is 6.07 Å². The molecule has 1 atom stereocenters. The van der Waals surface area contributed by atoms with E-state index in [0.717, 1.165) is 16.9 Å². The number of amides is 1. The van der Waals surface area contributed by atoms with Crippen molar-refractivity contribution in [1.29, 1.82) is 0 Å². The highest BCUT2D eigenvalue weighted by atomic mass is 16.6. The number of ether oxygens (including phenoxy) is 2. The van der Waals surface area contributed by atoms with E-state index >= 15 is 0 Å². The molecule has 22 heavy (non-hydrogen) atoms. The SMILES string of the molecule is Cc1ccc2[nH]c(CCNC(=O)[C@H]3COCCO3)nc2c1C. The summed E-state index contributed by atoms with van der Waals surface area (Å²) in [6.45, 7) is 6.04. The number of hydrogen-bond acceptors (Lipinski definition) is 4. The van der Waals surface area contributed by atoms with Gasteiger partial charge < -0.3 is 19.8 Å². The van der Waals surface area contributed by atoms with Gasteiger partial charge in [-0.1, -0.05) is 6.07 Å². The van der Waals surface area contributed by atoms with Crippen LogP contribution in [0.3, 0.4) is 0 Å². The molecule has 1 aliphatic heterocycles. The third-order valence-electron chi connectivity index (χ3n) is 4.00. The molecular formula is C16H21N3O3. The van der Waals surface area contributed by atoms with Gasteiger partial charge in [0.2, 0.25) is 0 Å². The summed E-state index contributed by atoms with van der Waals surface area (Å²) < 4.78 is 10.6. The average Bonchev–Trinajstić information content (AvgIpc) is 2.95. The van der Waals surface area contributed by atoms with Crippen LogP contribution in [-0.2, 0) is 20.7 Å². The maximum Gasteiger partial charge on any atom is 0.251 e. The Labute approximate surface area is 129 Å². The summed E-state index contributed by atoms with van der Waals surface area (Å²) in [4.78, 5) is 19.8. The number of fused-ring (bicyclic) bond motifs is 1. The zero-order valence-corrected chi connectivity index (χ0v) is 12.9. The highest BCUT2D eigenvalue weighted by Gasteiger charge is 2.22. The van der Waals surface area contributed by atoms with Gasteiger partial charge in [0.1, 0.15) is 5.82 Å². The molecule has 2 heterocycles. The Hall–Kier alpha value is -1.92. The molecule has 3 rings (SSSR count). The van der Waals surface area contributed by atoms with Crippen molar-refractivity contribution in [1.82, 2.24) is 15.3 Å². The normalized spacial score (nSPS) is 18.5. The van der Waals surface area contributed by atoms with Crippen molar-refractivity contribution in [3.8, 4) is 0 Å². The number of H-pyrrole nitrogens is 1. The molecular weight excluding hydrogens is 282 g/mol. The Kier molecular flexibility index (Phi) is 4.40. The lowest BCUT2D eigenvalue weighted by Crippen LogP contribution is -2.43. The van der Waals surface area contributed by atoms with Crippen molar-refractivity contribution in [2.75, 3.05) is 26.4 Å². The Balaban J connectivity index is 1.57. The highest BCUT2D eigenvalue weighted by Crippen LogP contribution is 2.19. The predicted molar refractivity (Wildman–Crippen MR) is 82.8 cm³/mol. The van der Waals surface area contributed by atoms with Gasteiger partial charge in [0.05, 0.1) is 30.9 Å². The molecule has 6 heteroatoms. The molecule has 1 amide bonds. The number of aromatic amines is 1. The van der Waals surface area contributed by atoms with Crippen LogP contribution in [0.15, 0.2) is 12.1 Å². The quantitative estimate of drug-likeness (QED) is 0.891. The second kappa shape index (κ2) is 6.46. The van der Waals surface area contributed by atoms with Crippen molar-refractivity contribution in [2.45, 2.75) is 26.4 Å². The number of rotatable bonds is 4. The largest absolute Gasteiger partial charge is 0.376 e. The number of benzene rings is 1. The van der Waals surface area contributed by atoms with Crippen LogP contribution in [0.2, 0.25) is 0 Å². The first-order valence-corrected chi connectivity index (χ1v) is 7.57. The minimum Gasteiger partial charge on any atom is -0.376 e. The van der Waals surface area contributed by atoms with E-state index in [0.29, 0.717) is 32.8 Å². The number of carbonyl (C=O) groups is 1. The molecule has 2 aromatic rings. The van der Waals surface area contributed by atoms with Gasteiger partial charge in [0.15, 0.2) is 6.10 Å². The number of imidazole rings is 1. The molecule has 1 aromatic heterocycles. The third kappa shape index (κ3) is 3.13. The van der Waals surface area contributed by atoms with Crippen LogP contribution in [0.1, 0.15) is 17.0 Å². The first-order valence-electron chi connectivity index (χ1n) is 7.57. The van der Waals surface area contributed by atoms with E-state index < -0.39 is 6.10 Å². The van der Waals surface area contributed by atoms with E-state index in [-0.39, 0.29) is 5.91 Å². The Morgan fingerprint density at radius 3 is 3.05 bits per heavy atom. The molecule has 1 aromatic carbocycles. The highest BCUT2D eigenvalue weighted by molar-refractivity contribution is 5.81. The monoisotopic (exact) mass is 303 g/mol. The van der Waals surface area contributed by atoms with Crippen LogP contribution in [-0.4, -0.2) is 48.3 Å². The Morgan fingerprint density at radius 2 is 2.27 bits per heavy atom. The lowest BCUT2D eigenvalue weighted by atomic mass is 10.1. The summed E-state index contributed by atoms with van der Waals surface area (Å²) in [5, 5.41) is 2.87. The van der Waals surface area contributed by atoms with Crippen molar-refractivity contribution >= 4 is 16.9 Å². The number of hydrogen-bond donors (Lipinski definition) is 2. The average molecular weight is 303 g/mol. The minimum absolute atomic E-state index is 0.122. The van der Waals surface area contributed by atoms with Gasteiger partial charge in [-0.2, -0.15) is 0 Å². The van der Waals surface area contributed by atoms with Crippen molar-refractivity contribution in [3.05, 3.63) is 29.1 Å². The summed E-state index contributed by atoms with van der Waals surface area (Å²) >= 11 is 0. The second-order valence-corrected chi connectivity index (χ2v) is 5.56.